The first-order valence-corrected chi connectivity index (χ1v) is 9.19. The topological polar surface area (TPSA) is 26.3 Å². The lowest BCUT2D eigenvalue weighted by Gasteiger charge is -2.34. The first-order chi connectivity index (χ1) is 12.4. The highest BCUT2D eigenvalue weighted by molar-refractivity contribution is 5.90. The molecule has 0 N–H and O–H groups in total. The number of carbonyl (C=O) groups is 1. The van der Waals surface area contributed by atoms with Crippen molar-refractivity contribution in [1.82, 2.24) is 0 Å². The molecule has 0 bridgehead atoms. The van der Waals surface area contributed by atoms with Gasteiger partial charge in [0.15, 0.2) is 0 Å². The van der Waals surface area contributed by atoms with E-state index in [1.54, 1.807) is 0 Å². The molecule has 0 spiro atoms. The third-order valence-electron chi connectivity index (χ3n) is 5.16. The SMILES string of the molecule is CC(C)(C)OC(=O)C1(c2cccc3c2Cc2ccccc2-3)C=CC=CC1. The molecule has 0 amide bonds. The Kier molecular flexibility index (Phi) is 3.87. The van der Waals surface area contributed by atoms with Crippen LogP contribution in [0.4, 0.5) is 0 Å². The maximum atomic E-state index is 13.3. The number of fused-ring (bicyclic) bond motifs is 3. The van der Waals surface area contributed by atoms with Gasteiger partial charge >= 0.3 is 5.97 Å². The third-order valence-corrected chi connectivity index (χ3v) is 5.16. The summed E-state index contributed by atoms with van der Waals surface area (Å²) in [6, 6.07) is 14.8. The second-order valence-electron chi connectivity index (χ2n) is 8.13. The van der Waals surface area contributed by atoms with E-state index in [-0.39, 0.29) is 5.97 Å². The molecule has 0 saturated heterocycles. The molecule has 0 fully saturated rings. The fourth-order valence-corrected chi connectivity index (χ4v) is 4.03. The molecular weight excluding hydrogens is 320 g/mol. The van der Waals surface area contributed by atoms with Crippen LogP contribution in [0.25, 0.3) is 11.1 Å². The number of hydrogen-bond acceptors (Lipinski definition) is 2. The Hall–Kier alpha value is -2.61. The van der Waals surface area contributed by atoms with Crippen molar-refractivity contribution in [1.29, 1.82) is 0 Å². The van der Waals surface area contributed by atoms with E-state index in [1.807, 2.05) is 39.0 Å². The standard InChI is InChI=1S/C24H24O2/c1-23(2,3)26-22(25)24(14-7-4-8-15-24)21-13-9-12-19-18-11-6-5-10-17(18)16-20(19)21/h4-14H,15-16H2,1-3H3. The van der Waals surface area contributed by atoms with Crippen LogP contribution in [0.3, 0.4) is 0 Å². The molecule has 1 unspecified atom stereocenters. The van der Waals surface area contributed by atoms with Gasteiger partial charge in [0.05, 0.1) is 0 Å². The summed E-state index contributed by atoms with van der Waals surface area (Å²) in [5.41, 5.74) is 4.89. The predicted molar refractivity (Wildman–Crippen MR) is 105 cm³/mol. The Morgan fingerprint density at radius 2 is 1.77 bits per heavy atom. The van der Waals surface area contributed by atoms with Gasteiger partial charge in [-0.05, 0) is 61.4 Å². The highest BCUT2D eigenvalue weighted by Gasteiger charge is 2.43. The summed E-state index contributed by atoms with van der Waals surface area (Å²) in [6.45, 7) is 5.77. The first-order valence-electron chi connectivity index (χ1n) is 9.19. The fourth-order valence-electron chi connectivity index (χ4n) is 4.03. The molecule has 2 heteroatoms. The van der Waals surface area contributed by atoms with Crippen molar-refractivity contribution in [2.45, 2.75) is 44.6 Å². The highest BCUT2D eigenvalue weighted by atomic mass is 16.6. The van der Waals surface area contributed by atoms with Crippen molar-refractivity contribution in [2.75, 3.05) is 0 Å². The normalized spacial score (nSPS) is 20.6. The molecule has 1 atom stereocenters. The lowest BCUT2D eigenvalue weighted by atomic mass is 9.72. The molecule has 2 aliphatic rings. The quantitative estimate of drug-likeness (QED) is 0.586. The van der Waals surface area contributed by atoms with Crippen LogP contribution >= 0.6 is 0 Å². The summed E-state index contributed by atoms with van der Waals surface area (Å²) >= 11 is 0. The molecule has 0 aliphatic heterocycles. The van der Waals surface area contributed by atoms with Gasteiger partial charge < -0.3 is 4.74 Å². The van der Waals surface area contributed by atoms with E-state index in [1.165, 1.54) is 22.3 Å². The second kappa shape index (κ2) is 5.98. The molecule has 0 aromatic heterocycles. The van der Waals surface area contributed by atoms with Crippen LogP contribution in [0.2, 0.25) is 0 Å². The molecule has 2 nitrogen and oxygen atoms in total. The maximum Gasteiger partial charge on any atom is 0.321 e. The molecule has 4 rings (SSSR count). The van der Waals surface area contributed by atoms with E-state index in [0.717, 1.165) is 12.0 Å². The van der Waals surface area contributed by atoms with Crippen LogP contribution in [0.15, 0.2) is 66.8 Å². The zero-order valence-electron chi connectivity index (χ0n) is 15.6. The average molecular weight is 344 g/mol. The number of rotatable bonds is 2. The van der Waals surface area contributed by atoms with Gasteiger partial charge in [0.1, 0.15) is 11.0 Å². The highest BCUT2D eigenvalue weighted by Crippen LogP contribution is 2.45. The lowest BCUT2D eigenvalue weighted by molar-refractivity contribution is -0.160. The predicted octanol–water partition coefficient (Wildman–Crippen LogP) is 5.35. The number of carbonyl (C=O) groups excluding carboxylic acids is 1. The molecule has 26 heavy (non-hydrogen) atoms. The van der Waals surface area contributed by atoms with Gasteiger partial charge in [-0.15, -0.1) is 0 Å². The van der Waals surface area contributed by atoms with Gasteiger partial charge in [0.25, 0.3) is 0 Å². The Balaban J connectivity index is 1.86. The van der Waals surface area contributed by atoms with Crippen LogP contribution in [-0.4, -0.2) is 11.6 Å². The first kappa shape index (κ1) is 16.8. The minimum atomic E-state index is -0.755. The van der Waals surface area contributed by atoms with E-state index >= 15 is 0 Å². The van der Waals surface area contributed by atoms with Gasteiger partial charge in [0.2, 0.25) is 0 Å². The Morgan fingerprint density at radius 1 is 1.00 bits per heavy atom. The van der Waals surface area contributed by atoms with Crippen molar-refractivity contribution in [3.8, 4) is 11.1 Å². The Bertz CT molecular complexity index is 927. The summed E-state index contributed by atoms with van der Waals surface area (Å²) in [6.07, 6.45) is 9.54. The van der Waals surface area contributed by atoms with Gasteiger partial charge in [-0.2, -0.15) is 0 Å². The Morgan fingerprint density at radius 3 is 2.50 bits per heavy atom. The molecule has 2 aromatic rings. The maximum absolute atomic E-state index is 13.3. The van der Waals surface area contributed by atoms with Crippen LogP contribution in [0.1, 0.15) is 43.9 Å². The van der Waals surface area contributed by atoms with E-state index < -0.39 is 11.0 Å². The van der Waals surface area contributed by atoms with Gasteiger partial charge in [-0.25, -0.2) is 0 Å². The van der Waals surface area contributed by atoms with Gasteiger partial charge in [-0.1, -0.05) is 66.8 Å². The fraction of sp³-hybridized carbons (Fsp3) is 0.292. The minimum Gasteiger partial charge on any atom is -0.459 e. The Labute approximate surface area is 155 Å². The summed E-state index contributed by atoms with van der Waals surface area (Å²) in [5, 5.41) is 0. The molecule has 2 aromatic carbocycles. The zero-order chi connectivity index (χ0) is 18.4. The molecular formula is C24H24O2. The van der Waals surface area contributed by atoms with Crippen LogP contribution < -0.4 is 0 Å². The summed E-state index contributed by atoms with van der Waals surface area (Å²) in [7, 11) is 0. The van der Waals surface area contributed by atoms with Crippen LogP contribution in [-0.2, 0) is 21.4 Å². The monoisotopic (exact) mass is 344 g/mol. The summed E-state index contributed by atoms with van der Waals surface area (Å²) in [4.78, 5) is 13.3. The van der Waals surface area contributed by atoms with Crippen LogP contribution in [0.5, 0.6) is 0 Å². The van der Waals surface area contributed by atoms with E-state index in [4.69, 9.17) is 4.74 Å². The number of benzene rings is 2. The average Bonchev–Trinajstić information content (AvgIpc) is 2.99. The van der Waals surface area contributed by atoms with Crippen molar-refractivity contribution in [3.05, 3.63) is 83.5 Å². The number of allylic oxidation sites excluding steroid dienone is 3. The van der Waals surface area contributed by atoms with Gasteiger partial charge in [-0.3, -0.25) is 4.79 Å². The van der Waals surface area contributed by atoms with Crippen molar-refractivity contribution in [2.24, 2.45) is 0 Å². The third kappa shape index (κ3) is 2.70. The van der Waals surface area contributed by atoms with Crippen molar-refractivity contribution < 1.29 is 9.53 Å². The van der Waals surface area contributed by atoms with E-state index in [0.29, 0.717) is 6.42 Å². The molecule has 0 saturated carbocycles. The molecule has 0 heterocycles. The van der Waals surface area contributed by atoms with Crippen molar-refractivity contribution in [3.63, 3.8) is 0 Å². The van der Waals surface area contributed by atoms with E-state index in [2.05, 4.69) is 48.5 Å². The van der Waals surface area contributed by atoms with E-state index in [9.17, 15) is 4.79 Å². The largest absolute Gasteiger partial charge is 0.459 e. The summed E-state index contributed by atoms with van der Waals surface area (Å²) in [5.74, 6) is -0.171. The van der Waals surface area contributed by atoms with Crippen LogP contribution in [0, 0.1) is 0 Å². The second-order valence-corrected chi connectivity index (χ2v) is 8.13. The molecule has 0 radical (unpaired) electrons. The van der Waals surface area contributed by atoms with Gasteiger partial charge in [0, 0.05) is 0 Å². The smallest absolute Gasteiger partial charge is 0.321 e. The zero-order valence-corrected chi connectivity index (χ0v) is 15.6. The molecule has 2 aliphatic carbocycles. The minimum absolute atomic E-state index is 0.171. The summed E-state index contributed by atoms with van der Waals surface area (Å²) < 4.78 is 5.85. The number of esters is 1. The lowest BCUT2D eigenvalue weighted by Crippen LogP contribution is -2.41. The molecule has 132 valence electrons. The number of ether oxygens (including phenoxy) is 1. The number of hydrogen-bond donors (Lipinski definition) is 0. The van der Waals surface area contributed by atoms with Crippen molar-refractivity contribution >= 4 is 5.97 Å².